The van der Waals surface area contributed by atoms with E-state index in [-0.39, 0.29) is 0 Å². The van der Waals surface area contributed by atoms with Gasteiger partial charge in [0.25, 0.3) is 0 Å². The molecule has 17 heavy (non-hydrogen) atoms. The first-order valence-electron chi connectivity index (χ1n) is 5.10. The second-order valence-electron chi connectivity index (χ2n) is 3.23. The van der Waals surface area contributed by atoms with Crippen molar-refractivity contribution in [3.05, 3.63) is 48.7 Å². The van der Waals surface area contributed by atoms with Gasteiger partial charge in [-0.2, -0.15) is 0 Å². The van der Waals surface area contributed by atoms with Gasteiger partial charge in [-0.25, -0.2) is 4.98 Å². The van der Waals surface area contributed by atoms with E-state index in [0.717, 1.165) is 11.4 Å². The van der Waals surface area contributed by atoms with Crippen LogP contribution >= 0.6 is 0 Å². The minimum absolute atomic E-state index is 0.563. The fourth-order valence-electron chi connectivity index (χ4n) is 1.21. The third kappa shape index (κ3) is 3.27. The van der Waals surface area contributed by atoms with E-state index in [1.165, 1.54) is 0 Å². The van der Waals surface area contributed by atoms with Crippen molar-refractivity contribution in [2.45, 2.75) is 0 Å². The summed E-state index contributed by atoms with van der Waals surface area (Å²) in [5.41, 5.74) is 3.65. The molecule has 0 fully saturated rings. The molecule has 0 amide bonds. The van der Waals surface area contributed by atoms with Gasteiger partial charge < -0.3 is 4.74 Å². The Labute approximate surface area is 99.2 Å². The van der Waals surface area contributed by atoms with Gasteiger partial charge in [0.2, 0.25) is 0 Å². The van der Waals surface area contributed by atoms with Gasteiger partial charge in [0.1, 0.15) is 5.75 Å². The summed E-state index contributed by atoms with van der Waals surface area (Å²) in [6, 6.07) is 12.9. The van der Waals surface area contributed by atoms with Gasteiger partial charge in [-0.3, -0.25) is 5.43 Å². The maximum Gasteiger partial charge on any atom is 0.176 e. The predicted octanol–water partition coefficient (Wildman–Crippen LogP) is 3.20. The summed E-state index contributed by atoms with van der Waals surface area (Å²) in [7, 11) is 1.63. The first kappa shape index (κ1) is 11.1. The van der Waals surface area contributed by atoms with Crippen molar-refractivity contribution in [1.82, 2.24) is 4.98 Å². The second-order valence-corrected chi connectivity index (χ2v) is 3.23. The molecule has 0 radical (unpaired) electrons. The summed E-state index contributed by atoms with van der Waals surface area (Å²) >= 11 is 0. The van der Waals surface area contributed by atoms with Crippen LogP contribution in [0.1, 0.15) is 0 Å². The zero-order chi connectivity index (χ0) is 11.9. The summed E-state index contributed by atoms with van der Waals surface area (Å²) < 4.78 is 5.05. The molecular weight excluding hydrogens is 216 g/mol. The summed E-state index contributed by atoms with van der Waals surface area (Å²) in [5.74, 6) is 1.37. The van der Waals surface area contributed by atoms with Crippen LogP contribution in [0.2, 0.25) is 0 Å². The highest BCUT2D eigenvalue weighted by Gasteiger charge is 1.92. The van der Waals surface area contributed by atoms with Gasteiger partial charge in [-0.1, -0.05) is 11.3 Å². The molecule has 1 aromatic heterocycles. The van der Waals surface area contributed by atoms with Crippen LogP contribution in [-0.4, -0.2) is 12.1 Å². The lowest BCUT2D eigenvalue weighted by atomic mass is 10.3. The van der Waals surface area contributed by atoms with Crippen LogP contribution in [0.3, 0.4) is 0 Å². The molecule has 0 bridgehead atoms. The van der Waals surface area contributed by atoms with Crippen LogP contribution in [0.4, 0.5) is 11.5 Å². The molecule has 1 heterocycles. The van der Waals surface area contributed by atoms with E-state index < -0.39 is 0 Å². The van der Waals surface area contributed by atoms with Gasteiger partial charge in [0.15, 0.2) is 5.82 Å². The Hall–Kier alpha value is -2.43. The summed E-state index contributed by atoms with van der Waals surface area (Å²) in [6.45, 7) is 0. The lowest BCUT2D eigenvalue weighted by molar-refractivity contribution is 0.415. The van der Waals surface area contributed by atoms with Crippen LogP contribution in [0, 0.1) is 0 Å². The van der Waals surface area contributed by atoms with Crippen molar-refractivity contribution in [3.63, 3.8) is 0 Å². The SMILES string of the molecule is COc1ccc(NN=Nc2ccccn2)cc1. The van der Waals surface area contributed by atoms with Gasteiger partial charge in [-0.05, 0) is 36.4 Å². The molecule has 5 nitrogen and oxygen atoms in total. The van der Waals surface area contributed by atoms with E-state index in [2.05, 4.69) is 20.7 Å². The highest BCUT2D eigenvalue weighted by atomic mass is 16.5. The fraction of sp³-hybridized carbons (Fsp3) is 0.0833. The molecule has 0 unspecified atom stereocenters. The molecular formula is C12H12N4O. The second kappa shape index (κ2) is 5.60. The maximum absolute atomic E-state index is 5.05. The highest BCUT2D eigenvalue weighted by molar-refractivity contribution is 5.45. The maximum atomic E-state index is 5.05. The number of rotatable bonds is 4. The van der Waals surface area contributed by atoms with E-state index in [0.29, 0.717) is 5.82 Å². The van der Waals surface area contributed by atoms with Crippen LogP contribution in [0.5, 0.6) is 5.75 Å². The summed E-state index contributed by atoms with van der Waals surface area (Å²) in [4.78, 5) is 4.02. The molecule has 86 valence electrons. The van der Waals surface area contributed by atoms with Crippen molar-refractivity contribution >= 4 is 11.5 Å². The van der Waals surface area contributed by atoms with Crippen LogP contribution in [0.25, 0.3) is 0 Å². The Morgan fingerprint density at radius 1 is 1.12 bits per heavy atom. The van der Waals surface area contributed by atoms with E-state index in [1.54, 1.807) is 19.4 Å². The smallest absolute Gasteiger partial charge is 0.176 e. The predicted molar refractivity (Wildman–Crippen MR) is 65.4 cm³/mol. The molecule has 1 N–H and O–H groups in total. The molecule has 0 spiro atoms. The third-order valence-corrected chi connectivity index (χ3v) is 2.07. The number of nitrogens with one attached hydrogen (secondary N) is 1. The van der Waals surface area contributed by atoms with Crippen molar-refractivity contribution < 1.29 is 4.74 Å². The monoisotopic (exact) mass is 228 g/mol. The number of hydrogen-bond donors (Lipinski definition) is 1. The number of ether oxygens (including phenoxy) is 1. The van der Waals surface area contributed by atoms with E-state index >= 15 is 0 Å². The Balaban J connectivity index is 1.95. The molecule has 2 rings (SSSR count). The molecule has 5 heteroatoms. The zero-order valence-corrected chi connectivity index (χ0v) is 9.37. The first-order chi connectivity index (χ1) is 8.38. The van der Waals surface area contributed by atoms with Crippen LogP contribution in [0.15, 0.2) is 59.0 Å². The van der Waals surface area contributed by atoms with Crippen molar-refractivity contribution in [2.75, 3.05) is 12.5 Å². The summed E-state index contributed by atoms with van der Waals surface area (Å²) in [6.07, 6.45) is 1.67. The summed E-state index contributed by atoms with van der Waals surface area (Å²) in [5, 5.41) is 7.75. The van der Waals surface area contributed by atoms with Gasteiger partial charge >= 0.3 is 0 Å². The van der Waals surface area contributed by atoms with Crippen LogP contribution in [-0.2, 0) is 0 Å². The number of pyridine rings is 1. The number of nitrogens with zero attached hydrogens (tertiary/aromatic N) is 3. The lowest BCUT2D eigenvalue weighted by Crippen LogP contribution is -1.87. The molecule has 2 aromatic rings. The zero-order valence-electron chi connectivity index (χ0n) is 9.37. The first-order valence-corrected chi connectivity index (χ1v) is 5.10. The van der Waals surface area contributed by atoms with Gasteiger partial charge in [0, 0.05) is 6.20 Å². The molecule has 0 aliphatic rings. The Morgan fingerprint density at radius 3 is 2.59 bits per heavy atom. The van der Waals surface area contributed by atoms with Crippen molar-refractivity contribution in [1.29, 1.82) is 0 Å². The average molecular weight is 228 g/mol. The molecule has 0 aliphatic heterocycles. The molecule has 0 saturated carbocycles. The quantitative estimate of drug-likeness (QED) is 0.645. The van der Waals surface area contributed by atoms with Crippen molar-refractivity contribution in [3.8, 4) is 5.75 Å². The minimum Gasteiger partial charge on any atom is -0.497 e. The molecule has 0 aliphatic carbocycles. The molecule has 0 saturated heterocycles. The molecule has 0 atom stereocenters. The van der Waals surface area contributed by atoms with E-state index in [9.17, 15) is 0 Å². The average Bonchev–Trinajstić information content (AvgIpc) is 2.41. The van der Waals surface area contributed by atoms with Gasteiger partial charge in [-0.15, -0.1) is 5.11 Å². The third-order valence-electron chi connectivity index (χ3n) is 2.07. The Bertz CT molecular complexity index is 482. The largest absolute Gasteiger partial charge is 0.497 e. The van der Waals surface area contributed by atoms with Gasteiger partial charge in [0.05, 0.1) is 12.8 Å². The number of aromatic nitrogens is 1. The topological polar surface area (TPSA) is 58.9 Å². The van der Waals surface area contributed by atoms with Crippen LogP contribution < -0.4 is 10.2 Å². The Kier molecular flexibility index (Phi) is 3.64. The lowest BCUT2D eigenvalue weighted by Gasteiger charge is -2.01. The number of anilines is 1. The van der Waals surface area contributed by atoms with Crippen molar-refractivity contribution in [2.24, 2.45) is 10.3 Å². The number of hydrogen-bond acceptors (Lipinski definition) is 4. The standard InChI is InChI=1S/C12H12N4O/c1-17-11-7-5-10(6-8-11)14-16-15-12-4-2-3-9-13-12/h2-9H,1H3,(H,13,14,15). The van der Waals surface area contributed by atoms with E-state index in [1.807, 2.05) is 36.4 Å². The normalized spacial score (nSPS) is 10.4. The molecule has 1 aromatic carbocycles. The minimum atomic E-state index is 0.563. The number of methoxy groups -OCH3 is 1. The highest BCUT2D eigenvalue weighted by Crippen LogP contribution is 2.15. The number of benzene rings is 1. The fourth-order valence-corrected chi connectivity index (χ4v) is 1.21. The van der Waals surface area contributed by atoms with E-state index in [4.69, 9.17) is 4.74 Å². The Morgan fingerprint density at radius 2 is 1.94 bits per heavy atom.